The first-order valence-electron chi connectivity index (χ1n) is 9.13. The number of aromatic nitrogens is 1. The van der Waals surface area contributed by atoms with Gasteiger partial charge in [-0.2, -0.15) is 0 Å². The van der Waals surface area contributed by atoms with E-state index in [4.69, 9.17) is 4.74 Å². The van der Waals surface area contributed by atoms with Crippen LogP contribution in [0, 0.1) is 22.5 Å². The highest BCUT2D eigenvalue weighted by molar-refractivity contribution is 5.65. The molecule has 1 aromatic heterocycles. The summed E-state index contributed by atoms with van der Waals surface area (Å²) >= 11 is 0. The number of amides is 1. The summed E-state index contributed by atoms with van der Waals surface area (Å²) in [6.07, 6.45) is 3.59. The van der Waals surface area contributed by atoms with Gasteiger partial charge < -0.3 is 15.2 Å². The van der Waals surface area contributed by atoms with E-state index in [1.54, 1.807) is 6.07 Å². The van der Waals surface area contributed by atoms with Crippen LogP contribution in [0.5, 0.6) is 5.75 Å². The van der Waals surface area contributed by atoms with Crippen molar-refractivity contribution in [3.8, 4) is 16.9 Å². The third-order valence-electron chi connectivity index (χ3n) is 5.12. The van der Waals surface area contributed by atoms with Crippen LogP contribution in [-0.4, -0.2) is 28.8 Å². The van der Waals surface area contributed by atoms with Gasteiger partial charge in [0, 0.05) is 28.8 Å². The molecule has 0 bridgehead atoms. The minimum absolute atomic E-state index is 0.110. The van der Waals surface area contributed by atoms with Crippen LogP contribution in [0.1, 0.15) is 33.6 Å². The summed E-state index contributed by atoms with van der Waals surface area (Å²) in [5.74, 6) is -0.652. The summed E-state index contributed by atoms with van der Waals surface area (Å²) in [6, 6.07) is 4.59. The van der Waals surface area contributed by atoms with Crippen molar-refractivity contribution in [2.24, 2.45) is 10.8 Å². The summed E-state index contributed by atoms with van der Waals surface area (Å²) < 4.78 is 33.4. The second-order valence-corrected chi connectivity index (χ2v) is 8.43. The number of nitrogens with zero attached hydrogens (tertiary/aromatic N) is 1. The molecule has 7 heteroatoms. The van der Waals surface area contributed by atoms with Gasteiger partial charge in [-0.1, -0.05) is 20.8 Å². The molecule has 0 radical (unpaired) electrons. The lowest BCUT2D eigenvalue weighted by molar-refractivity contribution is 0.111. The zero-order chi connectivity index (χ0) is 20.5. The Bertz CT molecular complexity index is 876. The molecule has 2 aromatic rings. The zero-order valence-electron chi connectivity index (χ0n) is 16.1. The van der Waals surface area contributed by atoms with Crippen LogP contribution in [-0.2, 0) is 0 Å². The number of ether oxygens (including phenoxy) is 1. The molecule has 0 saturated heterocycles. The number of carboxylic acid groups (broad SMARTS) is 1. The number of hydrogen-bond donors (Lipinski definition) is 2. The maximum atomic E-state index is 14.0. The number of nitrogens with one attached hydrogen (secondary N) is 1. The van der Waals surface area contributed by atoms with Gasteiger partial charge in [-0.25, -0.2) is 13.6 Å². The lowest BCUT2D eigenvalue weighted by Gasteiger charge is -2.37. The number of rotatable bonds is 6. The fraction of sp³-hybridized carbons (Fsp3) is 0.429. The topological polar surface area (TPSA) is 71.5 Å². The third-order valence-corrected chi connectivity index (χ3v) is 5.12. The first kappa shape index (κ1) is 20.0. The summed E-state index contributed by atoms with van der Waals surface area (Å²) in [6.45, 7) is 6.28. The Morgan fingerprint density at radius 2 is 2.00 bits per heavy atom. The van der Waals surface area contributed by atoms with E-state index >= 15 is 0 Å². The van der Waals surface area contributed by atoms with E-state index in [-0.39, 0.29) is 22.4 Å². The van der Waals surface area contributed by atoms with Crippen LogP contribution < -0.4 is 10.1 Å². The molecular weight excluding hydrogens is 366 g/mol. The second kappa shape index (κ2) is 7.37. The fourth-order valence-electron chi connectivity index (χ4n) is 3.68. The summed E-state index contributed by atoms with van der Waals surface area (Å²) in [4.78, 5) is 15.3. The Kier molecular flexibility index (Phi) is 5.28. The second-order valence-electron chi connectivity index (χ2n) is 8.43. The molecule has 1 aromatic carbocycles. The van der Waals surface area contributed by atoms with Crippen molar-refractivity contribution >= 4 is 6.09 Å². The van der Waals surface area contributed by atoms with Gasteiger partial charge in [0.05, 0.1) is 12.8 Å². The van der Waals surface area contributed by atoms with Crippen molar-refractivity contribution in [2.45, 2.75) is 39.7 Å². The molecule has 5 nitrogen and oxygen atoms in total. The Morgan fingerprint density at radius 1 is 1.29 bits per heavy atom. The number of benzene rings is 1. The molecular formula is C21H24F2N2O3. The maximum absolute atomic E-state index is 14.0. The van der Waals surface area contributed by atoms with E-state index in [9.17, 15) is 18.7 Å². The van der Waals surface area contributed by atoms with Crippen molar-refractivity contribution in [3.63, 3.8) is 0 Å². The SMILES string of the molecule is CC(C)(C)C(NC(=O)O)C1(COc2cncc(-c3cc(F)ccc3F)c2)CC1. The molecule has 3 rings (SSSR count). The van der Waals surface area contributed by atoms with Gasteiger partial charge in [0.1, 0.15) is 17.4 Å². The van der Waals surface area contributed by atoms with E-state index in [0.717, 1.165) is 31.0 Å². The maximum Gasteiger partial charge on any atom is 0.404 e. The number of hydrogen-bond acceptors (Lipinski definition) is 3. The van der Waals surface area contributed by atoms with E-state index < -0.39 is 17.7 Å². The highest BCUT2D eigenvalue weighted by Gasteiger charge is 2.54. The molecule has 1 unspecified atom stereocenters. The molecule has 1 saturated carbocycles. The summed E-state index contributed by atoms with van der Waals surface area (Å²) in [5.41, 5.74) is -0.0469. The predicted octanol–water partition coefficient (Wildman–Crippen LogP) is 4.87. The van der Waals surface area contributed by atoms with E-state index in [1.807, 2.05) is 20.8 Å². The molecule has 0 aliphatic heterocycles. The lowest BCUT2D eigenvalue weighted by atomic mass is 9.77. The number of carbonyl (C=O) groups is 1. The molecule has 1 aliphatic carbocycles. The standard InChI is InChI=1S/C21H24F2N2O3/c1-20(2,3)18(25-19(26)27)21(6-7-21)12-28-15-8-13(10-24-11-15)16-9-14(22)4-5-17(16)23/h4-5,8-11,18,25H,6-7,12H2,1-3H3,(H,26,27). The van der Waals surface area contributed by atoms with Crippen molar-refractivity contribution in [2.75, 3.05) is 6.61 Å². The van der Waals surface area contributed by atoms with Gasteiger partial charge in [0.25, 0.3) is 0 Å². The van der Waals surface area contributed by atoms with Crippen LogP contribution in [0.15, 0.2) is 36.7 Å². The lowest BCUT2D eigenvalue weighted by Crippen LogP contribution is -2.51. The number of pyridine rings is 1. The Morgan fingerprint density at radius 3 is 2.61 bits per heavy atom. The highest BCUT2D eigenvalue weighted by atomic mass is 19.1. The molecule has 1 heterocycles. The quantitative estimate of drug-likeness (QED) is 0.738. The monoisotopic (exact) mass is 390 g/mol. The van der Waals surface area contributed by atoms with Crippen molar-refractivity contribution in [3.05, 3.63) is 48.3 Å². The normalized spacial score (nSPS) is 16.3. The van der Waals surface area contributed by atoms with Gasteiger partial charge in [-0.3, -0.25) is 4.98 Å². The van der Waals surface area contributed by atoms with Crippen LogP contribution in [0.25, 0.3) is 11.1 Å². The molecule has 1 aliphatic rings. The molecule has 0 spiro atoms. The first-order valence-corrected chi connectivity index (χ1v) is 9.13. The van der Waals surface area contributed by atoms with E-state index in [1.165, 1.54) is 12.4 Å². The van der Waals surface area contributed by atoms with Gasteiger partial charge in [-0.15, -0.1) is 0 Å². The largest absolute Gasteiger partial charge is 0.491 e. The molecule has 1 atom stereocenters. The van der Waals surface area contributed by atoms with Gasteiger partial charge in [0.15, 0.2) is 0 Å². The van der Waals surface area contributed by atoms with E-state index in [0.29, 0.717) is 17.9 Å². The average Bonchev–Trinajstić information content (AvgIpc) is 3.40. The van der Waals surface area contributed by atoms with Crippen LogP contribution in [0.3, 0.4) is 0 Å². The van der Waals surface area contributed by atoms with Crippen molar-refractivity contribution < 1.29 is 23.4 Å². The van der Waals surface area contributed by atoms with Crippen LogP contribution in [0.4, 0.5) is 13.6 Å². The van der Waals surface area contributed by atoms with Gasteiger partial charge >= 0.3 is 6.09 Å². The minimum Gasteiger partial charge on any atom is -0.491 e. The van der Waals surface area contributed by atoms with Crippen molar-refractivity contribution in [1.29, 1.82) is 0 Å². The van der Waals surface area contributed by atoms with E-state index in [2.05, 4.69) is 10.3 Å². The molecule has 1 amide bonds. The fourth-order valence-corrected chi connectivity index (χ4v) is 3.68. The summed E-state index contributed by atoms with van der Waals surface area (Å²) in [5, 5.41) is 11.8. The smallest absolute Gasteiger partial charge is 0.404 e. The molecule has 150 valence electrons. The molecule has 1 fully saturated rings. The Labute approximate surface area is 162 Å². The third kappa shape index (κ3) is 4.40. The van der Waals surface area contributed by atoms with Crippen LogP contribution >= 0.6 is 0 Å². The summed E-state index contributed by atoms with van der Waals surface area (Å²) in [7, 11) is 0. The first-order chi connectivity index (χ1) is 13.1. The highest BCUT2D eigenvalue weighted by Crippen LogP contribution is 2.53. The van der Waals surface area contributed by atoms with Crippen molar-refractivity contribution in [1.82, 2.24) is 10.3 Å². The average molecular weight is 390 g/mol. The van der Waals surface area contributed by atoms with Gasteiger partial charge in [-0.05, 0) is 42.5 Å². The zero-order valence-corrected chi connectivity index (χ0v) is 16.1. The predicted molar refractivity (Wildman–Crippen MR) is 101 cm³/mol. The Balaban J connectivity index is 1.78. The van der Waals surface area contributed by atoms with Crippen LogP contribution in [0.2, 0.25) is 0 Å². The number of halogens is 2. The molecule has 28 heavy (non-hydrogen) atoms. The minimum atomic E-state index is -1.06. The van der Waals surface area contributed by atoms with Gasteiger partial charge in [0.2, 0.25) is 0 Å². The molecule has 2 N–H and O–H groups in total. The Hall–Kier alpha value is -2.70.